The van der Waals surface area contributed by atoms with Crippen molar-refractivity contribution in [2.75, 3.05) is 19.6 Å². The van der Waals surface area contributed by atoms with E-state index in [0.717, 1.165) is 6.54 Å². The van der Waals surface area contributed by atoms with Crippen molar-refractivity contribution in [3.05, 3.63) is 0 Å². The molecule has 0 unspecified atom stereocenters. The van der Waals surface area contributed by atoms with E-state index in [1.807, 2.05) is 0 Å². The molecule has 0 atom stereocenters. The molecule has 0 heterocycles. The molecule has 2 nitrogen and oxygen atoms in total. The molecule has 0 aliphatic rings. The first-order chi connectivity index (χ1) is 11.4. The number of nitrogens with one attached hydrogen (secondary N) is 1. The molecular formula is C20H46N2Si. The summed E-state index contributed by atoms with van der Waals surface area (Å²) in [5, 5.41) is 3.55. The maximum Gasteiger partial charge on any atom is 0.00286 e. The van der Waals surface area contributed by atoms with E-state index >= 15 is 0 Å². The van der Waals surface area contributed by atoms with Gasteiger partial charge in [0.15, 0.2) is 0 Å². The Labute approximate surface area is 150 Å². The van der Waals surface area contributed by atoms with Gasteiger partial charge in [0.25, 0.3) is 0 Å². The number of hydrogen-bond acceptors (Lipinski definition) is 2. The largest absolute Gasteiger partial charge is 0.330 e. The maximum absolute atomic E-state index is 5.50. The second-order valence-corrected chi connectivity index (χ2v) is 8.20. The fourth-order valence-corrected chi connectivity index (χ4v) is 3.47. The van der Waals surface area contributed by atoms with Crippen molar-refractivity contribution in [1.29, 1.82) is 0 Å². The van der Waals surface area contributed by atoms with Crippen LogP contribution >= 0.6 is 0 Å². The highest BCUT2D eigenvalue weighted by Crippen LogP contribution is 2.13. The standard InChI is InChI=1S/C20H46N2Si/c21-17-14-12-10-8-6-4-2-1-3-5-7-9-11-13-15-18-22-19-16-20-23/h22H,1-21H2,23H3. The number of rotatable bonds is 20. The Balaban J connectivity index is 2.92. The lowest BCUT2D eigenvalue weighted by atomic mass is 10.0. The fraction of sp³-hybridized carbons (Fsp3) is 1.00. The lowest BCUT2D eigenvalue weighted by molar-refractivity contribution is 0.526. The van der Waals surface area contributed by atoms with Crippen LogP contribution in [0.15, 0.2) is 0 Å². The van der Waals surface area contributed by atoms with Crippen molar-refractivity contribution in [1.82, 2.24) is 5.32 Å². The van der Waals surface area contributed by atoms with E-state index in [2.05, 4.69) is 5.32 Å². The van der Waals surface area contributed by atoms with Crippen LogP contribution in [-0.4, -0.2) is 29.9 Å². The molecule has 0 aromatic rings. The first-order valence-electron chi connectivity index (χ1n) is 10.8. The van der Waals surface area contributed by atoms with Crippen LogP contribution in [0.25, 0.3) is 0 Å². The van der Waals surface area contributed by atoms with Crippen molar-refractivity contribution in [3.8, 4) is 0 Å². The third kappa shape index (κ3) is 22.1. The molecule has 23 heavy (non-hydrogen) atoms. The molecule has 0 aliphatic carbocycles. The second-order valence-electron chi connectivity index (χ2n) is 7.20. The monoisotopic (exact) mass is 342 g/mol. The average molecular weight is 343 g/mol. The maximum atomic E-state index is 5.50. The van der Waals surface area contributed by atoms with Gasteiger partial charge in [-0.05, 0) is 38.9 Å². The molecule has 0 rings (SSSR count). The molecule has 0 amide bonds. The summed E-state index contributed by atoms with van der Waals surface area (Å²) in [6.45, 7) is 3.36. The summed E-state index contributed by atoms with van der Waals surface area (Å²) >= 11 is 0. The molecular weight excluding hydrogens is 296 g/mol. The van der Waals surface area contributed by atoms with Crippen molar-refractivity contribution in [2.24, 2.45) is 5.73 Å². The van der Waals surface area contributed by atoms with Crippen LogP contribution in [-0.2, 0) is 0 Å². The molecule has 3 N–H and O–H groups in total. The zero-order valence-electron chi connectivity index (χ0n) is 16.2. The van der Waals surface area contributed by atoms with Gasteiger partial charge >= 0.3 is 0 Å². The topological polar surface area (TPSA) is 38.0 Å². The Hall–Kier alpha value is 0.137. The predicted octanol–water partition coefficient (Wildman–Crippen LogP) is 4.56. The zero-order valence-corrected chi connectivity index (χ0v) is 18.2. The SMILES string of the molecule is NCCCCCCCCCCCCCCCCCNCCC[SiH3]. The van der Waals surface area contributed by atoms with Gasteiger partial charge in [-0.15, -0.1) is 0 Å². The minimum atomic E-state index is 0.872. The molecule has 0 bridgehead atoms. The molecule has 140 valence electrons. The molecule has 0 spiro atoms. The van der Waals surface area contributed by atoms with Crippen LogP contribution in [0.1, 0.15) is 103 Å². The Morgan fingerprint density at radius 2 is 0.826 bits per heavy atom. The number of unbranched alkanes of at least 4 members (excludes halogenated alkanes) is 14. The Bertz CT molecular complexity index is 180. The first-order valence-corrected chi connectivity index (χ1v) is 12.2. The van der Waals surface area contributed by atoms with Gasteiger partial charge in [-0.2, -0.15) is 0 Å². The molecule has 0 saturated heterocycles. The minimum absolute atomic E-state index is 0.872. The molecule has 3 heteroatoms. The molecule has 0 saturated carbocycles. The summed E-state index contributed by atoms with van der Waals surface area (Å²) in [4.78, 5) is 0. The van der Waals surface area contributed by atoms with Crippen LogP contribution in [0.5, 0.6) is 0 Å². The summed E-state index contributed by atoms with van der Waals surface area (Å²) in [7, 11) is 1.37. The van der Waals surface area contributed by atoms with Crippen LogP contribution in [0, 0.1) is 0 Å². The highest BCUT2D eigenvalue weighted by Gasteiger charge is 1.94. The van der Waals surface area contributed by atoms with Gasteiger partial charge < -0.3 is 11.1 Å². The molecule has 0 radical (unpaired) electrons. The Morgan fingerprint density at radius 1 is 0.478 bits per heavy atom. The highest BCUT2D eigenvalue weighted by atomic mass is 28.1. The third-order valence-corrected chi connectivity index (χ3v) is 5.47. The number of hydrogen-bond donors (Lipinski definition) is 2. The lowest BCUT2D eigenvalue weighted by Gasteiger charge is -2.04. The van der Waals surface area contributed by atoms with Gasteiger partial charge in [0.2, 0.25) is 0 Å². The third-order valence-electron chi connectivity index (χ3n) is 4.76. The van der Waals surface area contributed by atoms with Gasteiger partial charge in [0.05, 0.1) is 0 Å². The van der Waals surface area contributed by atoms with Gasteiger partial charge in [0, 0.05) is 10.2 Å². The lowest BCUT2D eigenvalue weighted by Crippen LogP contribution is -2.16. The van der Waals surface area contributed by atoms with E-state index in [1.165, 1.54) is 132 Å². The van der Waals surface area contributed by atoms with Crippen molar-refractivity contribution >= 4 is 10.2 Å². The highest BCUT2D eigenvalue weighted by molar-refractivity contribution is 6.08. The zero-order chi connectivity index (χ0) is 16.8. The van der Waals surface area contributed by atoms with Gasteiger partial charge in [-0.25, -0.2) is 0 Å². The van der Waals surface area contributed by atoms with E-state index in [0.29, 0.717) is 0 Å². The molecule has 0 fully saturated rings. The van der Waals surface area contributed by atoms with E-state index in [4.69, 9.17) is 5.73 Å². The molecule has 0 aromatic heterocycles. The Kier molecular flexibility index (Phi) is 22.3. The quantitative estimate of drug-likeness (QED) is 0.251. The smallest absolute Gasteiger partial charge is 0.00286 e. The summed E-state index contributed by atoms with van der Waals surface area (Å²) in [6, 6.07) is 1.45. The van der Waals surface area contributed by atoms with Crippen LogP contribution in [0.3, 0.4) is 0 Å². The number of nitrogens with two attached hydrogens (primary N) is 1. The van der Waals surface area contributed by atoms with E-state index < -0.39 is 0 Å². The summed E-state index contributed by atoms with van der Waals surface area (Å²) in [6.07, 6.45) is 22.7. The van der Waals surface area contributed by atoms with Gasteiger partial charge in [-0.3, -0.25) is 0 Å². The van der Waals surface area contributed by atoms with E-state index in [-0.39, 0.29) is 0 Å². The Morgan fingerprint density at radius 3 is 1.22 bits per heavy atom. The predicted molar refractivity (Wildman–Crippen MR) is 111 cm³/mol. The van der Waals surface area contributed by atoms with Crippen LogP contribution < -0.4 is 11.1 Å². The van der Waals surface area contributed by atoms with E-state index in [1.54, 1.807) is 0 Å². The second kappa shape index (κ2) is 22.1. The van der Waals surface area contributed by atoms with Crippen molar-refractivity contribution in [2.45, 2.75) is 109 Å². The average Bonchev–Trinajstić information content (AvgIpc) is 2.57. The first kappa shape index (κ1) is 23.1. The van der Waals surface area contributed by atoms with Crippen molar-refractivity contribution < 1.29 is 0 Å². The molecule has 0 aliphatic heterocycles. The van der Waals surface area contributed by atoms with Crippen LogP contribution in [0.2, 0.25) is 6.04 Å². The normalized spacial score (nSPS) is 11.3. The summed E-state index contributed by atoms with van der Waals surface area (Å²) < 4.78 is 0. The fourth-order valence-electron chi connectivity index (χ4n) is 3.12. The van der Waals surface area contributed by atoms with Gasteiger partial charge in [0.1, 0.15) is 0 Å². The molecule has 0 aromatic carbocycles. The van der Waals surface area contributed by atoms with Crippen molar-refractivity contribution in [3.63, 3.8) is 0 Å². The summed E-state index contributed by atoms with van der Waals surface area (Å²) in [5.74, 6) is 0. The minimum Gasteiger partial charge on any atom is -0.330 e. The van der Waals surface area contributed by atoms with E-state index in [9.17, 15) is 0 Å². The van der Waals surface area contributed by atoms with Crippen LogP contribution in [0.4, 0.5) is 0 Å². The van der Waals surface area contributed by atoms with Gasteiger partial charge in [-0.1, -0.05) is 89.5 Å². The summed E-state index contributed by atoms with van der Waals surface area (Å²) in [5.41, 5.74) is 5.50.